The zero-order valence-electron chi connectivity index (χ0n) is 10.9. The largest absolute Gasteiger partial charge is 0.476 e. The minimum absolute atomic E-state index is 0.0451. The Kier molecular flexibility index (Phi) is 4.31. The molecule has 0 amide bonds. The van der Waals surface area contributed by atoms with Crippen LogP contribution in [0.1, 0.15) is 12.6 Å². The molecule has 0 aliphatic carbocycles. The molecule has 8 heteroatoms. The highest BCUT2D eigenvalue weighted by molar-refractivity contribution is 5.81. The van der Waals surface area contributed by atoms with Crippen molar-refractivity contribution in [3.63, 3.8) is 0 Å². The number of alkyl halides is 3. The van der Waals surface area contributed by atoms with Gasteiger partial charge in [0.1, 0.15) is 12.3 Å². The van der Waals surface area contributed by atoms with E-state index in [0.29, 0.717) is 25.1 Å². The number of aromatic nitrogens is 1. The summed E-state index contributed by atoms with van der Waals surface area (Å²) in [6.07, 6.45) is -4.46. The molecule has 1 aliphatic heterocycles. The summed E-state index contributed by atoms with van der Waals surface area (Å²) in [5.74, 6) is 0.634. The lowest BCUT2D eigenvalue weighted by atomic mass is 10.3. The minimum atomic E-state index is -4.46. The predicted octanol–water partition coefficient (Wildman–Crippen LogP) is 1.42. The van der Waals surface area contributed by atoms with Crippen LogP contribution in [-0.2, 0) is 6.18 Å². The highest BCUT2D eigenvalue weighted by Crippen LogP contribution is 2.28. The zero-order valence-corrected chi connectivity index (χ0v) is 10.9. The first-order valence-electron chi connectivity index (χ1n) is 6.17. The lowest BCUT2D eigenvalue weighted by Crippen LogP contribution is -2.39. The van der Waals surface area contributed by atoms with E-state index in [4.69, 9.17) is 4.74 Å². The third-order valence-corrected chi connectivity index (χ3v) is 2.56. The van der Waals surface area contributed by atoms with Crippen molar-refractivity contribution in [2.45, 2.75) is 19.1 Å². The second-order valence-electron chi connectivity index (χ2n) is 4.37. The van der Waals surface area contributed by atoms with E-state index in [1.54, 1.807) is 0 Å². The highest BCUT2D eigenvalue weighted by Gasteiger charge is 2.32. The van der Waals surface area contributed by atoms with Crippen molar-refractivity contribution in [1.29, 1.82) is 0 Å². The van der Waals surface area contributed by atoms with Crippen molar-refractivity contribution >= 4 is 5.96 Å². The number of aliphatic imine (C=N–C) groups is 1. The zero-order chi connectivity index (χ0) is 14.6. The second-order valence-corrected chi connectivity index (χ2v) is 4.37. The molecule has 0 saturated carbocycles. The van der Waals surface area contributed by atoms with Crippen molar-refractivity contribution in [1.82, 2.24) is 15.6 Å². The molecule has 0 spiro atoms. The van der Waals surface area contributed by atoms with Crippen molar-refractivity contribution < 1.29 is 17.9 Å². The summed E-state index contributed by atoms with van der Waals surface area (Å²) in [5, 5.41) is 6.09. The van der Waals surface area contributed by atoms with Crippen molar-refractivity contribution in [3.05, 3.63) is 23.9 Å². The molecule has 1 aliphatic rings. The average molecular weight is 288 g/mol. The van der Waals surface area contributed by atoms with Gasteiger partial charge in [-0.2, -0.15) is 13.2 Å². The van der Waals surface area contributed by atoms with Crippen LogP contribution in [0, 0.1) is 0 Å². The van der Waals surface area contributed by atoms with Gasteiger partial charge in [-0.25, -0.2) is 4.98 Å². The highest BCUT2D eigenvalue weighted by atomic mass is 19.4. The Labute approximate surface area is 114 Å². The molecule has 0 bridgehead atoms. The average Bonchev–Trinajstić information content (AvgIpc) is 2.80. The molecule has 1 atom stereocenters. The lowest BCUT2D eigenvalue weighted by Gasteiger charge is -2.11. The van der Waals surface area contributed by atoms with Gasteiger partial charge in [0, 0.05) is 12.1 Å². The van der Waals surface area contributed by atoms with E-state index in [-0.39, 0.29) is 12.5 Å². The van der Waals surface area contributed by atoms with E-state index in [0.717, 1.165) is 6.07 Å². The van der Waals surface area contributed by atoms with E-state index in [2.05, 4.69) is 20.6 Å². The van der Waals surface area contributed by atoms with Gasteiger partial charge in [-0.15, -0.1) is 0 Å². The standard InChI is InChI=1S/C12H15F3N4O/c1-8-7-17-11(18-8)16-5-6-20-10-4-2-3-9(19-10)12(13,14)15/h2-4,8H,5-7H2,1H3,(H2,16,17,18). The SMILES string of the molecule is CC1CN=C(NCCOc2cccc(C(F)(F)F)n2)N1. The van der Waals surface area contributed by atoms with Gasteiger partial charge in [0.15, 0.2) is 5.96 Å². The summed E-state index contributed by atoms with van der Waals surface area (Å²) in [5.41, 5.74) is -0.960. The molecule has 1 unspecified atom stereocenters. The number of hydrogen-bond acceptors (Lipinski definition) is 5. The summed E-state index contributed by atoms with van der Waals surface area (Å²) in [7, 11) is 0. The van der Waals surface area contributed by atoms with E-state index in [1.807, 2.05) is 6.92 Å². The molecule has 2 heterocycles. The molecule has 0 saturated heterocycles. The van der Waals surface area contributed by atoms with Gasteiger partial charge in [-0.3, -0.25) is 4.99 Å². The Hall–Kier alpha value is -1.99. The second kappa shape index (κ2) is 5.98. The fraction of sp³-hybridized carbons (Fsp3) is 0.500. The van der Waals surface area contributed by atoms with Crippen molar-refractivity contribution in [3.8, 4) is 5.88 Å². The molecule has 110 valence electrons. The number of nitrogens with zero attached hydrogens (tertiary/aromatic N) is 2. The van der Waals surface area contributed by atoms with Crippen LogP contribution in [0.5, 0.6) is 5.88 Å². The molecule has 20 heavy (non-hydrogen) atoms. The van der Waals surface area contributed by atoms with Gasteiger partial charge in [0.2, 0.25) is 5.88 Å². The van der Waals surface area contributed by atoms with Gasteiger partial charge in [0.05, 0.1) is 13.1 Å². The van der Waals surface area contributed by atoms with Crippen LogP contribution >= 0.6 is 0 Å². The number of nitrogens with one attached hydrogen (secondary N) is 2. The molecule has 2 N–H and O–H groups in total. The van der Waals surface area contributed by atoms with Gasteiger partial charge < -0.3 is 15.4 Å². The maximum atomic E-state index is 12.4. The van der Waals surface area contributed by atoms with E-state index in [1.165, 1.54) is 12.1 Å². The smallest absolute Gasteiger partial charge is 0.433 e. The predicted molar refractivity (Wildman–Crippen MR) is 67.6 cm³/mol. The first-order valence-corrected chi connectivity index (χ1v) is 6.17. The summed E-state index contributed by atoms with van der Waals surface area (Å²) in [6, 6.07) is 3.86. The maximum absolute atomic E-state index is 12.4. The number of halogens is 3. The normalized spacial score (nSPS) is 18.4. The van der Waals surface area contributed by atoms with Crippen molar-refractivity contribution in [2.24, 2.45) is 4.99 Å². The number of ether oxygens (including phenoxy) is 1. The van der Waals surface area contributed by atoms with Crippen LogP contribution in [0.2, 0.25) is 0 Å². The fourth-order valence-corrected chi connectivity index (χ4v) is 1.64. The number of rotatable bonds is 4. The van der Waals surface area contributed by atoms with E-state index >= 15 is 0 Å². The molecule has 0 fully saturated rings. The molecule has 2 rings (SSSR count). The topological polar surface area (TPSA) is 58.5 Å². The number of pyridine rings is 1. The van der Waals surface area contributed by atoms with E-state index < -0.39 is 11.9 Å². The Morgan fingerprint density at radius 2 is 2.25 bits per heavy atom. The summed E-state index contributed by atoms with van der Waals surface area (Å²) in [4.78, 5) is 7.59. The maximum Gasteiger partial charge on any atom is 0.433 e. The van der Waals surface area contributed by atoms with Crippen molar-refractivity contribution in [2.75, 3.05) is 19.7 Å². The van der Waals surface area contributed by atoms with Crippen LogP contribution in [0.15, 0.2) is 23.2 Å². The molecule has 0 radical (unpaired) electrons. The first kappa shape index (κ1) is 14.4. The molecule has 0 aromatic carbocycles. The monoisotopic (exact) mass is 288 g/mol. The van der Waals surface area contributed by atoms with Gasteiger partial charge in [0.25, 0.3) is 0 Å². The van der Waals surface area contributed by atoms with Gasteiger partial charge in [-0.1, -0.05) is 6.07 Å². The summed E-state index contributed by atoms with van der Waals surface area (Å²) >= 11 is 0. The number of hydrogen-bond donors (Lipinski definition) is 2. The van der Waals surface area contributed by atoms with E-state index in [9.17, 15) is 13.2 Å². The molecule has 1 aromatic heterocycles. The molecular formula is C12H15F3N4O. The third kappa shape index (κ3) is 4.01. The summed E-state index contributed by atoms with van der Waals surface area (Å²) in [6.45, 7) is 3.33. The Morgan fingerprint density at radius 3 is 2.90 bits per heavy atom. The Morgan fingerprint density at radius 1 is 1.45 bits per heavy atom. The minimum Gasteiger partial charge on any atom is -0.476 e. The third-order valence-electron chi connectivity index (χ3n) is 2.56. The van der Waals surface area contributed by atoms with Crippen LogP contribution in [0.4, 0.5) is 13.2 Å². The Bertz CT molecular complexity index is 490. The van der Waals surface area contributed by atoms with Gasteiger partial charge >= 0.3 is 6.18 Å². The van der Waals surface area contributed by atoms with Gasteiger partial charge in [-0.05, 0) is 13.0 Å². The molecular weight excluding hydrogens is 273 g/mol. The quantitative estimate of drug-likeness (QED) is 0.823. The van der Waals surface area contributed by atoms with Crippen LogP contribution in [0.3, 0.4) is 0 Å². The first-order chi connectivity index (χ1) is 9.45. The Balaban J connectivity index is 1.77. The van der Waals surface area contributed by atoms with Crippen LogP contribution in [0.25, 0.3) is 0 Å². The number of guanidine groups is 1. The summed E-state index contributed by atoms with van der Waals surface area (Å²) < 4.78 is 42.5. The lowest BCUT2D eigenvalue weighted by molar-refractivity contribution is -0.141. The van der Waals surface area contributed by atoms with Crippen LogP contribution in [-0.4, -0.2) is 36.7 Å². The molecule has 1 aromatic rings. The molecule has 5 nitrogen and oxygen atoms in total. The van der Waals surface area contributed by atoms with Crippen LogP contribution < -0.4 is 15.4 Å². The fourth-order valence-electron chi connectivity index (χ4n) is 1.64.